The van der Waals surface area contributed by atoms with Gasteiger partial charge in [-0.05, 0) is 24.3 Å². The number of furan rings is 1. The number of benzene rings is 1. The molecule has 0 bridgehead atoms. The zero-order valence-corrected chi connectivity index (χ0v) is 17.0. The molecule has 0 aliphatic heterocycles. The molecule has 0 saturated heterocycles. The highest BCUT2D eigenvalue weighted by atomic mass is 16.5. The topological polar surface area (TPSA) is 80.7 Å². The van der Waals surface area contributed by atoms with Crippen molar-refractivity contribution < 1.29 is 9.15 Å². The van der Waals surface area contributed by atoms with E-state index in [0.717, 1.165) is 36.3 Å². The standard InChI is InChI=1S/C21H28N6O2/c1-3-20-25-24-17-27(20)12-11-22-21(23-16-19-10-7-14-28-19)26(2)13-15-29-18-8-5-4-6-9-18/h4-10,14,17H,3,11-13,15-16H2,1-2H3,(H,22,23). The zero-order valence-electron chi connectivity index (χ0n) is 17.0. The summed E-state index contributed by atoms with van der Waals surface area (Å²) in [6.45, 7) is 5.30. The molecule has 0 saturated carbocycles. The second-order valence-corrected chi connectivity index (χ2v) is 6.52. The minimum Gasteiger partial charge on any atom is -0.492 e. The highest BCUT2D eigenvalue weighted by Gasteiger charge is 2.08. The lowest BCUT2D eigenvalue weighted by Gasteiger charge is -2.22. The molecule has 1 aromatic carbocycles. The van der Waals surface area contributed by atoms with Crippen molar-refractivity contribution in [3.05, 3.63) is 66.6 Å². The third-order valence-electron chi connectivity index (χ3n) is 4.41. The number of hydrogen-bond donors (Lipinski definition) is 1. The molecule has 0 radical (unpaired) electrons. The summed E-state index contributed by atoms with van der Waals surface area (Å²) >= 11 is 0. The van der Waals surface area contributed by atoms with E-state index in [0.29, 0.717) is 26.2 Å². The first-order chi connectivity index (χ1) is 14.3. The molecule has 154 valence electrons. The maximum absolute atomic E-state index is 5.81. The fraction of sp³-hybridized carbons (Fsp3) is 0.381. The number of rotatable bonds is 10. The van der Waals surface area contributed by atoms with Crippen LogP contribution in [-0.2, 0) is 19.5 Å². The van der Waals surface area contributed by atoms with Crippen molar-refractivity contribution in [2.75, 3.05) is 26.7 Å². The summed E-state index contributed by atoms with van der Waals surface area (Å²) in [7, 11) is 2.00. The quantitative estimate of drug-likeness (QED) is 0.419. The number of nitrogens with one attached hydrogen (secondary N) is 1. The Morgan fingerprint density at radius 3 is 2.86 bits per heavy atom. The van der Waals surface area contributed by atoms with Crippen LogP contribution < -0.4 is 10.1 Å². The molecule has 8 heteroatoms. The summed E-state index contributed by atoms with van der Waals surface area (Å²) in [5, 5.41) is 11.5. The average molecular weight is 396 g/mol. The van der Waals surface area contributed by atoms with Gasteiger partial charge in [-0.15, -0.1) is 10.2 Å². The predicted octanol–water partition coefficient (Wildman–Crippen LogP) is 2.59. The summed E-state index contributed by atoms with van der Waals surface area (Å²) in [6, 6.07) is 13.6. The molecule has 0 aliphatic rings. The van der Waals surface area contributed by atoms with Gasteiger partial charge < -0.3 is 23.9 Å². The van der Waals surface area contributed by atoms with Crippen molar-refractivity contribution >= 4 is 5.96 Å². The van der Waals surface area contributed by atoms with Crippen molar-refractivity contribution in [1.82, 2.24) is 25.0 Å². The van der Waals surface area contributed by atoms with Gasteiger partial charge in [0.2, 0.25) is 0 Å². The van der Waals surface area contributed by atoms with Gasteiger partial charge in [0, 0.05) is 26.6 Å². The highest BCUT2D eigenvalue weighted by Crippen LogP contribution is 2.08. The lowest BCUT2D eigenvalue weighted by Crippen LogP contribution is -2.42. The summed E-state index contributed by atoms with van der Waals surface area (Å²) in [5.41, 5.74) is 0. The fourth-order valence-corrected chi connectivity index (χ4v) is 2.82. The lowest BCUT2D eigenvalue weighted by atomic mass is 10.3. The Bertz CT molecular complexity index is 860. The average Bonchev–Trinajstić information content (AvgIpc) is 3.43. The summed E-state index contributed by atoms with van der Waals surface area (Å²) in [6.07, 6.45) is 4.28. The van der Waals surface area contributed by atoms with Crippen molar-refractivity contribution in [1.29, 1.82) is 0 Å². The van der Waals surface area contributed by atoms with Crippen molar-refractivity contribution in [3.63, 3.8) is 0 Å². The summed E-state index contributed by atoms with van der Waals surface area (Å²) < 4.78 is 13.3. The SMILES string of the molecule is CCc1nncn1CCNC(=NCc1ccco1)N(C)CCOc1ccccc1. The Labute approximate surface area is 171 Å². The van der Waals surface area contributed by atoms with Gasteiger partial charge in [-0.2, -0.15) is 0 Å². The van der Waals surface area contributed by atoms with Gasteiger partial charge in [0.1, 0.15) is 36.8 Å². The first-order valence-electron chi connectivity index (χ1n) is 9.82. The normalized spacial score (nSPS) is 11.4. The molecule has 0 fully saturated rings. The second kappa shape index (κ2) is 10.9. The van der Waals surface area contributed by atoms with Crippen molar-refractivity contribution in [3.8, 4) is 5.75 Å². The van der Waals surface area contributed by atoms with E-state index >= 15 is 0 Å². The molecular weight excluding hydrogens is 368 g/mol. The van der Waals surface area contributed by atoms with E-state index in [2.05, 4.69) is 31.9 Å². The molecular formula is C21H28N6O2. The third kappa shape index (κ3) is 6.38. The molecule has 0 atom stereocenters. The molecule has 0 spiro atoms. The van der Waals surface area contributed by atoms with Crippen LogP contribution in [0.15, 0.2) is 64.5 Å². The van der Waals surface area contributed by atoms with Crippen LogP contribution in [0, 0.1) is 0 Å². The molecule has 2 aromatic heterocycles. The van der Waals surface area contributed by atoms with E-state index in [1.807, 2.05) is 49.5 Å². The predicted molar refractivity (Wildman–Crippen MR) is 112 cm³/mol. The van der Waals surface area contributed by atoms with E-state index in [4.69, 9.17) is 14.1 Å². The van der Waals surface area contributed by atoms with Crippen LogP contribution in [0.1, 0.15) is 18.5 Å². The number of aryl methyl sites for hydroxylation is 1. The number of aliphatic imine (C=N–C) groups is 1. The number of para-hydroxylation sites is 1. The molecule has 29 heavy (non-hydrogen) atoms. The first kappa shape index (κ1) is 20.4. The Hall–Kier alpha value is -3.29. The van der Waals surface area contributed by atoms with Crippen molar-refractivity contribution in [2.24, 2.45) is 4.99 Å². The van der Waals surface area contributed by atoms with Gasteiger partial charge >= 0.3 is 0 Å². The Morgan fingerprint density at radius 1 is 1.24 bits per heavy atom. The number of guanidine groups is 1. The molecule has 0 unspecified atom stereocenters. The second-order valence-electron chi connectivity index (χ2n) is 6.52. The Balaban J connectivity index is 1.55. The molecule has 0 aliphatic carbocycles. The first-order valence-corrected chi connectivity index (χ1v) is 9.82. The van der Waals surface area contributed by atoms with Crippen LogP contribution in [0.2, 0.25) is 0 Å². The van der Waals surface area contributed by atoms with Crippen LogP contribution in [-0.4, -0.2) is 52.4 Å². The zero-order chi connectivity index (χ0) is 20.3. The summed E-state index contributed by atoms with van der Waals surface area (Å²) in [5.74, 6) is 3.46. The number of hydrogen-bond acceptors (Lipinski definition) is 5. The van der Waals surface area contributed by atoms with Gasteiger partial charge in [-0.25, -0.2) is 4.99 Å². The Kier molecular flexibility index (Phi) is 7.68. The molecule has 8 nitrogen and oxygen atoms in total. The van der Waals surface area contributed by atoms with E-state index in [9.17, 15) is 0 Å². The van der Waals surface area contributed by atoms with Gasteiger partial charge in [0.15, 0.2) is 5.96 Å². The summed E-state index contributed by atoms with van der Waals surface area (Å²) in [4.78, 5) is 6.75. The van der Waals surface area contributed by atoms with Crippen LogP contribution in [0.25, 0.3) is 0 Å². The number of nitrogens with zero attached hydrogens (tertiary/aromatic N) is 5. The van der Waals surface area contributed by atoms with Gasteiger partial charge in [-0.3, -0.25) is 0 Å². The Morgan fingerprint density at radius 2 is 2.10 bits per heavy atom. The fourth-order valence-electron chi connectivity index (χ4n) is 2.82. The minimum absolute atomic E-state index is 0.478. The molecule has 0 amide bonds. The van der Waals surface area contributed by atoms with Gasteiger partial charge in [-0.1, -0.05) is 25.1 Å². The number of ether oxygens (including phenoxy) is 1. The largest absolute Gasteiger partial charge is 0.492 e. The molecule has 3 rings (SSSR count). The smallest absolute Gasteiger partial charge is 0.194 e. The van der Waals surface area contributed by atoms with Crippen molar-refractivity contribution in [2.45, 2.75) is 26.4 Å². The van der Waals surface area contributed by atoms with E-state index < -0.39 is 0 Å². The maximum atomic E-state index is 5.81. The number of likely N-dealkylation sites (N-methyl/N-ethyl adjacent to an activating group) is 1. The number of aromatic nitrogens is 3. The monoisotopic (exact) mass is 396 g/mol. The minimum atomic E-state index is 0.478. The van der Waals surface area contributed by atoms with Gasteiger partial charge in [0.25, 0.3) is 0 Å². The van der Waals surface area contributed by atoms with Crippen LogP contribution in [0.3, 0.4) is 0 Å². The molecule has 3 aromatic rings. The lowest BCUT2D eigenvalue weighted by molar-refractivity contribution is 0.281. The molecule has 2 heterocycles. The third-order valence-corrected chi connectivity index (χ3v) is 4.41. The van der Waals surface area contributed by atoms with E-state index in [-0.39, 0.29) is 0 Å². The maximum Gasteiger partial charge on any atom is 0.194 e. The van der Waals surface area contributed by atoms with E-state index in [1.54, 1.807) is 12.6 Å². The molecule has 1 N–H and O–H groups in total. The van der Waals surface area contributed by atoms with Crippen LogP contribution in [0.5, 0.6) is 5.75 Å². The van der Waals surface area contributed by atoms with Crippen LogP contribution >= 0.6 is 0 Å². The van der Waals surface area contributed by atoms with E-state index in [1.165, 1.54) is 0 Å². The highest BCUT2D eigenvalue weighted by molar-refractivity contribution is 5.79. The van der Waals surface area contributed by atoms with Gasteiger partial charge in [0.05, 0.1) is 12.8 Å². The van der Waals surface area contributed by atoms with Crippen LogP contribution in [0.4, 0.5) is 0 Å².